The van der Waals surface area contributed by atoms with E-state index in [0.717, 1.165) is 48.4 Å². The van der Waals surface area contributed by atoms with E-state index in [4.69, 9.17) is 0 Å². The van der Waals surface area contributed by atoms with Crippen molar-refractivity contribution >= 4 is 29.1 Å². The molecular weight excluding hydrogens is 388 g/mol. The third-order valence-electron chi connectivity index (χ3n) is 4.69. The van der Waals surface area contributed by atoms with E-state index in [1.807, 2.05) is 30.5 Å². The Hall–Kier alpha value is -2.52. The lowest BCUT2D eigenvalue weighted by atomic mass is 10.2. The van der Waals surface area contributed by atoms with Crippen molar-refractivity contribution < 1.29 is 9.59 Å². The number of aryl methyl sites for hydroxylation is 1. The second-order valence-electron chi connectivity index (χ2n) is 7.45. The van der Waals surface area contributed by atoms with Crippen LogP contribution in [0.1, 0.15) is 36.2 Å². The number of nitrogens with zero attached hydrogens (tertiary/aromatic N) is 4. The Balaban J connectivity index is 1.43. The van der Waals surface area contributed by atoms with Gasteiger partial charge in [-0.15, -0.1) is 11.3 Å². The molecule has 1 aliphatic heterocycles. The molecule has 0 unspecified atom stereocenters. The van der Waals surface area contributed by atoms with E-state index in [9.17, 15) is 9.59 Å². The standard InChI is InChI=1S/C20H28N6O2S/c1-14(2)19-22-15(3)11-17(23-19)26-8-6-25(7-9-26)13-18(27)24-20(28)21-12-16-5-4-10-29-16/h4-5,10-11,14H,6-9,12-13H2,1-3H3,(H2,21,24,27,28). The molecule has 1 aliphatic rings. The number of hydrogen-bond donors (Lipinski definition) is 2. The molecule has 3 rings (SSSR count). The van der Waals surface area contributed by atoms with Gasteiger partial charge in [0.2, 0.25) is 5.91 Å². The number of hydrogen-bond acceptors (Lipinski definition) is 7. The van der Waals surface area contributed by atoms with Crippen LogP contribution < -0.4 is 15.5 Å². The number of amides is 3. The van der Waals surface area contributed by atoms with E-state index >= 15 is 0 Å². The summed E-state index contributed by atoms with van der Waals surface area (Å²) in [7, 11) is 0. The molecular formula is C20H28N6O2S. The fourth-order valence-corrected chi connectivity index (χ4v) is 3.77. The van der Waals surface area contributed by atoms with Crippen molar-refractivity contribution in [1.82, 2.24) is 25.5 Å². The van der Waals surface area contributed by atoms with Crippen LogP contribution in [-0.2, 0) is 11.3 Å². The maximum atomic E-state index is 12.2. The van der Waals surface area contributed by atoms with Crippen LogP contribution in [0, 0.1) is 6.92 Å². The van der Waals surface area contributed by atoms with E-state index in [1.54, 1.807) is 11.3 Å². The molecule has 0 aromatic carbocycles. The molecule has 3 heterocycles. The van der Waals surface area contributed by atoms with Crippen LogP contribution >= 0.6 is 11.3 Å². The zero-order valence-corrected chi connectivity index (χ0v) is 18.0. The lowest BCUT2D eigenvalue weighted by Crippen LogP contribution is -2.51. The molecule has 0 spiro atoms. The summed E-state index contributed by atoms with van der Waals surface area (Å²) in [4.78, 5) is 38.5. The van der Waals surface area contributed by atoms with Gasteiger partial charge in [-0.05, 0) is 18.4 Å². The minimum Gasteiger partial charge on any atom is -0.354 e. The Bertz CT molecular complexity index is 832. The maximum Gasteiger partial charge on any atom is 0.321 e. The number of piperazine rings is 1. The van der Waals surface area contributed by atoms with Crippen LogP contribution in [0.5, 0.6) is 0 Å². The number of anilines is 1. The van der Waals surface area contributed by atoms with Crippen LogP contribution in [0.2, 0.25) is 0 Å². The molecule has 8 nitrogen and oxygen atoms in total. The third kappa shape index (κ3) is 6.23. The Morgan fingerprint density at radius 2 is 1.97 bits per heavy atom. The maximum absolute atomic E-state index is 12.2. The molecule has 0 radical (unpaired) electrons. The number of rotatable bonds is 6. The first-order valence-electron chi connectivity index (χ1n) is 9.83. The summed E-state index contributed by atoms with van der Waals surface area (Å²) in [6.07, 6.45) is 0. The second kappa shape index (κ2) is 9.80. The largest absolute Gasteiger partial charge is 0.354 e. The van der Waals surface area contributed by atoms with Gasteiger partial charge in [0.1, 0.15) is 11.6 Å². The normalized spacial score (nSPS) is 14.8. The quantitative estimate of drug-likeness (QED) is 0.750. The number of aromatic nitrogens is 2. The Morgan fingerprint density at radius 3 is 2.62 bits per heavy atom. The van der Waals surface area contributed by atoms with Gasteiger partial charge in [0.25, 0.3) is 0 Å². The van der Waals surface area contributed by atoms with Crippen LogP contribution in [0.15, 0.2) is 23.6 Å². The van der Waals surface area contributed by atoms with Gasteiger partial charge in [0, 0.05) is 48.7 Å². The lowest BCUT2D eigenvalue weighted by molar-refractivity contribution is -0.121. The molecule has 2 aromatic heterocycles. The van der Waals surface area contributed by atoms with Crippen molar-refractivity contribution in [2.24, 2.45) is 0 Å². The van der Waals surface area contributed by atoms with Gasteiger partial charge in [-0.3, -0.25) is 15.0 Å². The summed E-state index contributed by atoms with van der Waals surface area (Å²) < 4.78 is 0. The molecule has 29 heavy (non-hydrogen) atoms. The molecule has 2 N–H and O–H groups in total. The van der Waals surface area contributed by atoms with E-state index in [2.05, 4.69) is 44.2 Å². The fourth-order valence-electron chi connectivity index (χ4n) is 3.12. The molecule has 0 bridgehead atoms. The van der Waals surface area contributed by atoms with Gasteiger partial charge in [-0.25, -0.2) is 14.8 Å². The van der Waals surface area contributed by atoms with Crippen LogP contribution in [0.4, 0.5) is 10.6 Å². The van der Waals surface area contributed by atoms with Gasteiger partial charge < -0.3 is 10.2 Å². The highest BCUT2D eigenvalue weighted by molar-refractivity contribution is 7.09. The summed E-state index contributed by atoms with van der Waals surface area (Å²) in [5, 5.41) is 7.05. The molecule has 1 saturated heterocycles. The number of urea groups is 1. The first-order chi connectivity index (χ1) is 13.9. The molecule has 0 saturated carbocycles. The fraction of sp³-hybridized carbons (Fsp3) is 0.500. The molecule has 3 amide bonds. The summed E-state index contributed by atoms with van der Waals surface area (Å²) in [6, 6.07) is 5.41. The molecule has 9 heteroatoms. The Morgan fingerprint density at radius 1 is 1.21 bits per heavy atom. The minimum atomic E-state index is -0.459. The summed E-state index contributed by atoms with van der Waals surface area (Å²) in [6.45, 7) is 9.84. The molecule has 0 atom stereocenters. The first kappa shape index (κ1) is 21.2. The summed E-state index contributed by atoms with van der Waals surface area (Å²) in [5.74, 6) is 1.79. The first-order valence-corrected chi connectivity index (χ1v) is 10.7. The lowest BCUT2D eigenvalue weighted by Gasteiger charge is -2.35. The number of carbonyl (C=O) groups is 2. The smallest absolute Gasteiger partial charge is 0.321 e. The van der Waals surface area contributed by atoms with Gasteiger partial charge in [-0.1, -0.05) is 19.9 Å². The topological polar surface area (TPSA) is 90.5 Å². The monoisotopic (exact) mass is 416 g/mol. The zero-order valence-electron chi connectivity index (χ0n) is 17.1. The highest BCUT2D eigenvalue weighted by atomic mass is 32.1. The number of carbonyl (C=O) groups excluding carboxylic acids is 2. The van der Waals surface area contributed by atoms with Crippen molar-refractivity contribution in [1.29, 1.82) is 0 Å². The molecule has 156 valence electrons. The van der Waals surface area contributed by atoms with Crippen LogP contribution in [-0.4, -0.2) is 59.5 Å². The zero-order chi connectivity index (χ0) is 20.8. The van der Waals surface area contributed by atoms with Crippen molar-refractivity contribution in [3.8, 4) is 0 Å². The van der Waals surface area contributed by atoms with Crippen molar-refractivity contribution in [2.45, 2.75) is 33.2 Å². The van der Waals surface area contributed by atoms with Gasteiger partial charge in [0.05, 0.1) is 13.1 Å². The van der Waals surface area contributed by atoms with Gasteiger partial charge in [-0.2, -0.15) is 0 Å². The van der Waals surface area contributed by atoms with Crippen LogP contribution in [0.3, 0.4) is 0 Å². The molecule has 0 aliphatic carbocycles. The minimum absolute atomic E-state index is 0.209. The number of imide groups is 1. The van der Waals surface area contributed by atoms with Crippen LogP contribution in [0.25, 0.3) is 0 Å². The second-order valence-corrected chi connectivity index (χ2v) is 8.49. The van der Waals surface area contributed by atoms with E-state index in [0.29, 0.717) is 6.54 Å². The number of thiophene rings is 1. The Kier molecular flexibility index (Phi) is 7.16. The van der Waals surface area contributed by atoms with Crippen molar-refractivity contribution in [3.05, 3.63) is 40.0 Å². The van der Waals surface area contributed by atoms with Crippen molar-refractivity contribution in [2.75, 3.05) is 37.6 Å². The van der Waals surface area contributed by atoms with Gasteiger partial charge >= 0.3 is 6.03 Å². The molecule has 1 fully saturated rings. The third-order valence-corrected chi connectivity index (χ3v) is 5.57. The van der Waals surface area contributed by atoms with Crippen molar-refractivity contribution in [3.63, 3.8) is 0 Å². The average molecular weight is 417 g/mol. The molecule has 2 aromatic rings. The average Bonchev–Trinajstić information content (AvgIpc) is 3.20. The predicted octanol–water partition coefficient (Wildman–Crippen LogP) is 2.12. The summed E-state index contributed by atoms with van der Waals surface area (Å²) >= 11 is 1.56. The Labute approximate surface area is 175 Å². The van der Waals surface area contributed by atoms with E-state index < -0.39 is 6.03 Å². The number of nitrogens with one attached hydrogen (secondary N) is 2. The highest BCUT2D eigenvalue weighted by Crippen LogP contribution is 2.18. The van der Waals surface area contributed by atoms with E-state index in [1.165, 1.54) is 0 Å². The van der Waals surface area contributed by atoms with Gasteiger partial charge in [0.15, 0.2) is 0 Å². The highest BCUT2D eigenvalue weighted by Gasteiger charge is 2.21. The summed E-state index contributed by atoms with van der Waals surface area (Å²) in [5.41, 5.74) is 0.967. The predicted molar refractivity (Wildman–Crippen MR) is 114 cm³/mol. The van der Waals surface area contributed by atoms with E-state index in [-0.39, 0.29) is 18.4 Å². The SMILES string of the molecule is Cc1cc(N2CCN(CC(=O)NC(=O)NCc3cccs3)CC2)nc(C(C)C)n1.